The minimum Gasteiger partial charge on any atom is -0.354 e. The van der Waals surface area contributed by atoms with Crippen LogP contribution in [0.5, 0.6) is 0 Å². The Morgan fingerprint density at radius 3 is 2.64 bits per heavy atom. The number of aryl methyl sites for hydroxylation is 1. The van der Waals surface area contributed by atoms with Crippen molar-refractivity contribution in [1.82, 2.24) is 15.1 Å². The van der Waals surface area contributed by atoms with Crippen molar-refractivity contribution in [3.05, 3.63) is 35.9 Å². The van der Waals surface area contributed by atoms with Crippen LogP contribution in [0.1, 0.15) is 18.9 Å². The van der Waals surface area contributed by atoms with Crippen LogP contribution in [0.15, 0.2) is 30.3 Å². The summed E-state index contributed by atoms with van der Waals surface area (Å²) in [4.78, 5) is 27.8. The molecule has 1 saturated heterocycles. The largest absolute Gasteiger partial charge is 0.354 e. The van der Waals surface area contributed by atoms with E-state index in [-0.39, 0.29) is 17.9 Å². The Kier molecular flexibility index (Phi) is 5.95. The number of piperazine rings is 1. The van der Waals surface area contributed by atoms with E-state index in [1.165, 1.54) is 12.5 Å². The quantitative estimate of drug-likeness (QED) is 0.822. The highest BCUT2D eigenvalue weighted by Crippen LogP contribution is 2.09. The minimum atomic E-state index is -0.368. The number of hydrogen-bond donors (Lipinski definition) is 1. The maximum absolute atomic E-state index is 12.3. The fourth-order valence-electron chi connectivity index (χ4n) is 2.79. The lowest BCUT2D eigenvalue weighted by Gasteiger charge is -2.38. The normalized spacial score (nSPS) is 19.0. The van der Waals surface area contributed by atoms with E-state index in [4.69, 9.17) is 0 Å². The van der Waals surface area contributed by atoms with Gasteiger partial charge in [-0.05, 0) is 25.5 Å². The summed E-state index contributed by atoms with van der Waals surface area (Å²) in [5, 5.41) is 2.97. The monoisotopic (exact) mass is 303 g/mol. The Bertz CT molecular complexity index is 504. The molecule has 0 aliphatic carbocycles. The summed E-state index contributed by atoms with van der Waals surface area (Å²) in [6, 6.07) is 9.87. The lowest BCUT2D eigenvalue weighted by Crippen LogP contribution is -2.59. The van der Waals surface area contributed by atoms with Crippen LogP contribution in [-0.4, -0.2) is 60.9 Å². The third-order valence-corrected chi connectivity index (χ3v) is 4.07. The van der Waals surface area contributed by atoms with Crippen molar-refractivity contribution in [3.63, 3.8) is 0 Å². The van der Waals surface area contributed by atoms with Crippen molar-refractivity contribution in [2.45, 2.75) is 25.8 Å². The summed E-state index contributed by atoms with van der Waals surface area (Å²) in [6.45, 7) is 4.20. The Labute approximate surface area is 132 Å². The van der Waals surface area contributed by atoms with E-state index >= 15 is 0 Å². The summed E-state index contributed by atoms with van der Waals surface area (Å²) < 4.78 is 0. The van der Waals surface area contributed by atoms with Gasteiger partial charge >= 0.3 is 0 Å². The number of nitrogens with one attached hydrogen (secondary N) is 1. The molecular formula is C17H25N3O2. The Morgan fingerprint density at radius 1 is 1.23 bits per heavy atom. The highest BCUT2D eigenvalue weighted by atomic mass is 16.2. The Morgan fingerprint density at radius 2 is 1.95 bits per heavy atom. The smallest absolute Gasteiger partial charge is 0.244 e. The van der Waals surface area contributed by atoms with Crippen molar-refractivity contribution in [3.8, 4) is 0 Å². The molecule has 1 aromatic rings. The van der Waals surface area contributed by atoms with E-state index in [0.29, 0.717) is 19.6 Å². The number of carbonyl (C=O) groups is 2. The summed E-state index contributed by atoms with van der Waals surface area (Å²) in [6.07, 6.45) is 1.85. The summed E-state index contributed by atoms with van der Waals surface area (Å²) in [5.41, 5.74) is 1.28. The molecule has 5 heteroatoms. The molecule has 1 fully saturated rings. The van der Waals surface area contributed by atoms with E-state index in [1.807, 2.05) is 25.2 Å². The van der Waals surface area contributed by atoms with E-state index in [0.717, 1.165) is 19.4 Å². The van der Waals surface area contributed by atoms with Crippen molar-refractivity contribution < 1.29 is 9.59 Å². The van der Waals surface area contributed by atoms with Gasteiger partial charge < -0.3 is 15.1 Å². The topological polar surface area (TPSA) is 52.7 Å². The first-order chi connectivity index (χ1) is 10.6. The third kappa shape index (κ3) is 4.56. The molecule has 1 aromatic carbocycles. The third-order valence-electron chi connectivity index (χ3n) is 4.07. The van der Waals surface area contributed by atoms with Gasteiger partial charge in [-0.1, -0.05) is 30.3 Å². The highest BCUT2D eigenvalue weighted by molar-refractivity contribution is 5.87. The first kappa shape index (κ1) is 16.5. The SMILES string of the molecule is CC(=O)N1CCN(C)CC1C(=O)NCCCc1ccccc1. The molecule has 0 radical (unpaired) electrons. The molecule has 0 saturated carbocycles. The van der Waals surface area contributed by atoms with Gasteiger partial charge in [-0.15, -0.1) is 0 Å². The van der Waals surface area contributed by atoms with Gasteiger partial charge in [-0.25, -0.2) is 0 Å². The van der Waals surface area contributed by atoms with Crippen LogP contribution in [0.4, 0.5) is 0 Å². The first-order valence-corrected chi connectivity index (χ1v) is 7.85. The first-order valence-electron chi connectivity index (χ1n) is 7.85. The average Bonchev–Trinajstić information content (AvgIpc) is 2.52. The number of likely N-dealkylation sites (N-methyl/N-ethyl adjacent to an activating group) is 1. The summed E-state index contributed by atoms with van der Waals surface area (Å²) in [5.74, 6) is -0.0765. The fraction of sp³-hybridized carbons (Fsp3) is 0.529. The van der Waals surface area contributed by atoms with Gasteiger partial charge in [0, 0.05) is 33.1 Å². The average molecular weight is 303 g/mol. The number of nitrogens with zero attached hydrogens (tertiary/aromatic N) is 2. The molecule has 5 nitrogen and oxygen atoms in total. The molecule has 22 heavy (non-hydrogen) atoms. The number of benzene rings is 1. The molecule has 0 spiro atoms. The number of amides is 2. The molecule has 120 valence electrons. The zero-order valence-electron chi connectivity index (χ0n) is 13.4. The van der Waals surface area contributed by atoms with E-state index in [9.17, 15) is 9.59 Å². The molecule has 0 aromatic heterocycles. The molecule has 2 amide bonds. The van der Waals surface area contributed by atoms with Crippen LogP contribution in [-0.2, 0) is 16.0 Å². The van der Waals surface area contributed by atoms with Crippen molar-refractivity contribution >= 4 is 11.8 Å². The van der Waals surface area contributed by atoms with Crippen molar-refractivity contribution in [2.24, 2.45) is 0 Å². The van der Waals surface area contributed by atoms with Crippen LogP contribution < -0.4 is 5.32 Å². The van der Waals surface area contributed by atoms with Gasteiger partial charge in [0.05, 0.1) is 0 Å². The van der Waals surface area contributed by atoms with Crippen LogP contribution in [0.3, 0.4) is 0 Å². The van der Waals surface area contributed by atoms with E-state index in [1.54, 1.807) is 4.90 Å². The molecule has 0 bridgehead atoms. The molecule has 1 N–H and O–H groups in total. The van der Waals surface area contributed by atoms with Crippen molar-refractivity contribution in [2.75, 3.05) is 33.2 Å². The fourth-order valence-corrected chi connectivity index (χ4v) is 2.79. The van der Waals surface area contributed by atoms with Gasteiger partial charge in [-0.2, -0.15) is 0 Å². The Hall–Kier alpha value is -1.88. The van der Waals surface area contributed by atoms with E-state index < -0.39 is 0 Å². The molecule has 1 atom stereocenters. The predicted molar refractivity (Wildman–Crippen MR) is 86.4 cm³/mol. The lowest BCUT2D eigenvalue weighted by molar-refractivity contribution is -0.142. The molecular weight excluding hydrogens is 278 g/mol. The summed E-state index contributed by atoms with van der Waals surface area (Å²) >= 11 is 0. The van der Waals surface area contributed by atoms with Crippen LogP contribution in [0, 0.1) is 0 Å². The zero-order chi connectivity index (χ0) is 15.9. The minimum absolute atomic E-state index is 0.0301. The molecule has 2 rings (SSSR count). The second-order valence-electron chi connectivity index (χ2n) is 5.87. The summed E-state index contributed by atoms with van der Waals surface area (Å²) in [7, 11) is 1.98. The van der Waals surface area contributed by atoms with Crippen LogP contribution in [0.25, 0.3) is 0 Å². The zero-order valence-corrected chi connectivity index (χ0v) is 13.4. The second kappa shape index (κ2) is 7.94. The second-order valence-corrected chi connectivity index (χ2v) is 5.87. The Balaban J connectivity index is 1.78. The number of rotatable bonds is 5. The molecule has 1 unspecified atom stereocenters. The maximum atomic E-state index is 12.3. The van der Waals surface area contributed by atoms with Gasteiger partial charge in [0.25, 0.3) is 0 Å². The lowest BCUT2D eigenvalue weighted by atomic mass is 10.1. The predicted octanol–water partition coefficient (Wildman–Crippen LogP) is 0.898. The van der Waals surface area contributed by atoms with Crippen LogP contribution >= 0.6 is 0 Å². The molecule has 1 aliphatic heterocycles. The number of carbonyl (C=O) groups excluding carboxylic acids is 2. The van der Waals surface area contributed by atoms with Gasteiger partial charge in [0.2, 0.25) is 11.8 Å². The standard InChI is InChI=1S/C17H25N3O2/c1-14(21)20-12-11-19(2)13-16(20)17(22)18-10-6-9-15-7-4-3-5-8-15/h3-5,7-8,16H,6,9-13H2,1-2H3,(H,18,22). The van der Waals surface area contributed by atoms with Gasteiger partial charge in [0.1, 0.15) is 6.04 Å². The van der Waals surface area contributed by atoms with E-state index in [2.05, 4.69) is 22.3 Å². The van der Waals surface area contributed by atoms with Gasteiger partial charge in [-0.3, -0.25) is 9.59 Å². The highest BCUT2D eigenvalue weighted by Gasteiger charge is 2.32. The van der Waals surface area contributed by atoms with Crippen molar-refractivity contribution in [1.29, 1.82) is 0 Å². The maximum Gasteiger partial charge on any atom is 0.244 e. The molecule has 1 heterocycles. The van der Waals surface area contributed by atoms with Crippen LogP contribution in [0.2, 0.25) is 0 Å². The molecule has 1 aliphatic rings. The van der Waals surface area contributed by atoms with Gasteiger partial charge in [0.15, 0.2) is 0 Å². The number of hydrogen-bond acceptors (Lipinski definition) is 3.